The lowest BCUT2D eigenvalue weighted by Crippen LogP contribution is -2.13. The summed E-state index contributed by atoms with van der Waals surface area (Å²) in [7, 11) is -3.58. The van der Waals surface area contributed by atoms with E-state index in [1.807, 2.05) is 0 Å². The number of hydrogen-bond donors (Lipinski definition) is 0. The first-order valence-electron chi connectivity index (χ1n) is 2.96. The summed E-state index contributed by atoms with van der Waals surface area (Å²) in [4.78, 5) is 10.4. The van der Waals surface area contributed by atoms with Crippen LogP contribution in [0.15, 0.2) is 0 Å². The molecule has 0 fully saturated rings. The second-order valence-electron chi connectivity index (χ2n) is 1.66. The topological polar surface area (TPSA) is 60.4 Å². The van der Waals surface area contributed by atoms with Crippen LogP contribution in [0.1, 0.15) is 20.3 Å². The Morgan fingerprint density at radius 2 is 1.90 bits per heavy atom. The van der Waals surface area contributed by atoms with E-state index in [0.29, 0.717) is 0 Å². The highest BCUT2D eigenvalue weighted by atomic mass is 32.2. The summed E-state index contributed by atoms with van der Waals surface area (Å²) in [5.74, 6) is -0.875. The van der Waals surface area contributed by atoms with Gasteiger partial charge in [-0.25, -0.2) is 0 Å². The van der Waals surface area contributed by atoms with Crippen LogP contribution in [0.2, 0.25) is 0 Å². The zero-order chi connectivity index (χ0) is 8.20. The van der Waals surface area contributed by atoms with E-state index in [-0.39, 0.29) is 12.2 Å². The van der Waals surface area contributed by atoms with Gasteiger partial charge in [-0.1, -0.05) is 6.92 Å². The number of hydrogen-bond acceptors (Lipinski definition) is 4. The van der Waals surface area contributed by atoms with E-state index in [4.69, 9.17) is 0 Å². The van der Waals surface area contributed by atoms with E-state index < -0.39 is 16.1 Å². The Morgan fingerprint density at radius 1 is 1.40 bits per heavy atom. The minimum Gasteiger partial charge on any atom is -0.346 e. The molecule has 0 aliphatic heterocycles. The van der Waals surface area contributed by atoms with Crippen LogP contribution >= 0.6 is 0 Å². The van der Waals surface area contributed by atoms with Crippen LogP contribution in [0.5, 0.6) is 0 Å². The molecule has 0 heterocycles. The molecule has 0 N–H and O–H groups in total. The van der Waals surface area contributed by atoms with Crippen LogP contribution in [0.3, 0.4) is 0 Å². The van der Waals surface area contributed by atoms with E-state index >= 15 is 0 Å². The van der Waals surface area contributed by atoms with Gasteiger partial charge in [0.15, 0.2) is 0 Å². The highest BCUT2D eigenvalue weighted by molar-refractivity contribution is 7.87. The third kappa shape index (κ3) is 3.45. The zero-order valence-corrected chi connectivity index (χ0v) is 6.77. The molecule has 0 aromatic heterocycles. The molecule has 0 amide bonds. The van der Waals surface area contributed by atoms with Gasteiger partial charge in [0.25, 0.3) is 0 Å². The number of carbonyl (C=O) groups is 1. The van der Waals surface area contributed by atoms with Gasteiger partial charge in [-0.05, 0) is 6.92 Å². The summed E-state index contributed by atoms with van der Waals surface area (Å²) in [6, 6.07) is 0. The number of carbonyl (C=O) groups excluding carboxylic acids is 1. The van der Waals surface area contributed by atoms with Crippen molar-refractivity contribution in [2.75, 3.05) is 5.75 Å². The summed E-state index contributed by atoms with van der Waals surface area (Å²) in [5, 5.41) is 0. The van der Waals surface area contributed by atoms with Crippen LogP contribution in [-0.2, 0) is 19.1 Å². The van der Waals surface area contributed by atoms with Crippen molar-refractivity contribution in [2.24, 2.45) is 0 Å². The maximum absolute atomic E-state index is 10.5. The van der Waals surface area contributed by atoms with Crippen molar-refractivity contribution < 1.29 is 17.4 Å². The fraction of sp³-hybridized carbons (Fsp3) is 0.800. The highest BCUT2D eigenvalue weighted by Gasteiger charge is 2.11. The van der Waals surface area contributed by atoms with Crippen LogP contribution in [0.25, 0.3) is 0 Å². The average Bonchev–Trinajstić information content (AvgIpc) is 1.87. The molecule has 5 heteroatoms. The molecule has 0 aromatic carbocycles. The van der Waals surface area contributed by atoms with Crippen LogP contribution in [0.4, 0.5) is 0 Å². The van der Waals surface area contributed by atoms with Gasteiger partial charge in [-0.2, -0.15) is 8.42 Å². The molecule has 0 spiro atoms. The Morgan fingerprint density at radius 3 is 2.20 bits per heavy atom. The fourth-order valence-corrected chi connectivity index (χ4v) is 0.778. The molecule has 0 aliphatic rings. The van der Waals surface area contributed by atoms with E-state index in [9.17, 15) is 13.2 Å². The van der Waals surface area contributed by atoms with Gasteiger partial charge in [0.2, 0.25) is 0 Å². The lowest BCUT2D eigenvalue weighted by Gasteiger charge is -1.99. The molecule has 0 aromatic rings. The number of rotatable bonds is 3. The molecule has 0 radical (unpaired) electrons. The molecule has 0 aliphatic carbocycles. The Hall–Kier alpha value is -0.580. The van der Waals surface area contributed by atoms with E-state index in [0.717, 1.165) is 0 Å². The third-order valence-electron chi connectivity index (χ3n) is 0.862. The molecule has 0 bridgehead atoms. The molecular formula is C5H10O4S. The van der Waals surface area contributed by atoms with Crippen molar-refractivity contribution in [3.8, 4) is 0 Å². The minimum absolute atomic E-state index is 0.0826. The molecule has 0 rings (SSSR count). The quantitative estimate of drug-likeness (QED) is 0.565. The second kappa shape index (κ2) is 3.55. The lowest BCUT2D eigenvalue weighted by molar-refractivity contribution is -0.133. The largest absolute Gasteiger partial charge is 0.346 e. The summed E-state index contributed by atoms with van der Waals surface area (Å²) < 4.78 is 25.1. The zero-order valence-electron chi connectivity index (χ0n) is 5.96. The predicted octanol–water partition coefficient (Wildman–Crippen LogP) is 0.289. The fourth-order valence-electron chi connectivity index (χ4n) is 0.259. The van der Waals surface area contributed by atoms with Gasteiger partial charge in [0.1, 0.15) is 0 Å². The normalized spacial score (nSPS) is 11.0. The van der Waals surface area contributed by atoms with Crippen molar-refractivity contribution in [3.05, 3.63) is 0 Å². The second-order valence-corrected chi connectivity index (χ2v) is 3.51. The molecule has 60 valence electrons. The summed E-state index contributed by atoms with van der Waals surface area (Å²) in [6.07, 6.45) is 0.0826. The van der Waals surface area contributed by atoms with Crippen molar-refractivity contribution in [2.45, 2.75) is 20.3 Å². The van der Waals surface area contributed by atoms with Crippen molar-refractivity contribution in [1.29, 1.82) is 0 Å². The summed E-state index contributed by atoms with van der Waals surface area (Å²) in [5.41, 5.74) is 0. The SMILES string of the molecule is CCC(=O)OS(=O)(=O)CC. The first-order valence-corrected chi connectivity index (χ1v) is 4.54. The Bertz CT molecular complexity index is 204. The molecule has 10 heavy (non-hydrogen) atoms. The van der Waals surface area contributed by atoms with Crippen molar-refractivity contribution >= 4 is 16.1 Å². The van der Waals surface area contributed by atoms with Gasteiger partial charge in [-0.3, -0.25) is 4.79 Å². The summed E-state index contributed by atoms with van der Waals surface area (Å²) >= 11 is 0. The monoisotopic (exact) mass is 166 g/mol. The van der Waals surface area contributed by atoms with Gasteiger partial charge in [0.05, 0.1) is 5.75 Å². The van der Waals surface area contributed by atoms with Crippen LogP contribution in [0, 0.1) is 0 Å². The van der Waals surface area contributed by atoms with Crippen LogP contribution in [-0.4, -0.2) is 20.1 Å². The average molecular weight is 166 g/mol. The maximum Gasteiger partial charge on any atom is 0.321 e. The summed E-state index contributed by atoms with van der Waals surface area (Å²) in [6.45, 7) is 2.95. The minimum atomic E-state index is -3.58. The van der Waals surface area contributed by atoms with Gasteiger partial charge in [-0.15, -0.1) is 0 Å². The first-order chi connectivity index (χ1) is 4.52. The molecule has 0 saturated heterocycles. The predicted molar refractivity (Wildman–Crippen MR) is 35.8 cm³/mol. The molecular weight excluding hydrogens is 156 g/mol. The Kier molecular flexibility index (Phi) is 3.35. The molecule has 0 atom stereocenters. The highest BCUT2D eigenvalue weighted by Crippen LogP contribution is 1.94. The smallest absolute Gasteiger partial charge is 0.321 e. The molecule has 4 nitrogen and oxygen atoms in total. The standard InChI is InChI=1S/C5H10O4S/c1-3-5(6)9-10(7,8)4-2/h3-4H2,1-2H3. The maximum atomic E-state index is 10.5. The lowest BCUT2D eigenvalue weighted by atomic mass is 10.5. The van der Waals surface area contributed by atoms with Crippen LogP contribution < -0.4 is 0 Å². The molecule has 0 saturated carbocycles. The Labute approximate surface area is 60.3 Å². The third-order valence-corrected chi connectivity index (χ3v) is 2.01. The van der Waals surface area contributed by atoms with Gasteiger partial charge < -0.3 is 4.18 Å². The van der Waals surface area contributed by atoms with Gasteiger partial charge in [0, 0.05) is 6.42 Å². The van der Waals surface area contributed by atoms with E-state index in [1.165, 1.54) is 13.8 Å². The first kappa shape index (κ1) is 9.42. The van der Waals surface area contributed by atoms with Gasteiger partial charge >= 0.3 is 16.1 Å². The van der Waals surface area contributed by atoms with Crippen molar-refractivity contribution in [3.63, 3.8) is 0 Å². The van der Waals surface area contributed by atoms with Crippen molar-refractivity contribution in [1.82, 2.24) is 0 Å². The van der Waals surface area contributed by atoms with E-state index in [2.05, 4.69) is 4.18 Å². The van der Waals surface area contributed by atoms with E-state index in [1.54, 1.807) is 0 Å². The molecule has 0 unspecified atom stereocenters. The Balaban J connectivity index is 4.03.